The van der Waals surface area contributed by atoms with E-state index >= 15 is 0 Å². The first-order valence-electron chi connectivity index (χ1n) is 8.75. The normalized spacial score (nSPS) is 11.4. The number of amides is 1. The zero-order chi connectivity index (χ0) is 19.6. The van der Waals surface area contributed by atoms with E-state index in [4.69, 9.17) is 0 Å². The fourth-order valence-electron chi connectivity index (χ4n) is 2.99. The highest BCUT2D eigenvalue weighted by atomic mass is 16.3. The summed E-state index contributed by atoms with van der Waals surface area (Å²) < 4.78 is 0. The van der Waals surface area contributed by atoms with Crippen LogP contribution in [-0.2, 0) is 0 Å². The highest BCUT2D eigenvalue weighted by Crippen LogP contribution is 2.33. The summed E-state index contributed by atoms with van der Waals surface area (Å²) in [5.41, 5.74) is 7.58. The zero-order valence-electron chi connectivity index (χ0n) is 15.5. The molecule has 2 aliphatic carbocycles. The number of aromatic hydroxyl groups is 2. The van der Waals surface area contributed by atoms with Crippen LogP contribution >= 0.6 is 0 Å². The van der Waals surface area contributed by atoms with Gasteiger partial charge in [-0.15, -0.1) is 0 Å². The predicted molar refractivity (Wildman–Crippen MR) is 107 cm³/mol. The van der Waals surface area contributed by atoms with Crippen LogP contribution in [0.25, 0.3) is 11.1 Å². The summed E-state index contributed by atoms with van der Waals surface area (Å²) in [5, 5.41) is 23.0. The van der Waals surface area contributed by atoms with Crippen molar-refractivity contribution in [3.8, 4) is 22.6 Å². The molecule has 27 heavy (non-hydrogen) atoms. The molecule has 5 nitrogen and oxygen atoms in total. The van der Waals surface area contributed by atoms with Gasteiger partial charge in [0.05, 0.1) is 6.21 Å². The van der Waals surface area contributed by atoms with Gasteiger partial charge in [0.2, 0.25) is 0 Å². The Bertz CT molecular complexity index is 993. The molecule has 0 heterocycles. The first-order valence-corrected chi connectivity index (χ1v) is 8.75. The van der Waals surface area contributed by atoms with E-state index < -0.39 is 0 Å². The maximum atomic E-state index is 12.7. The molecule has 2 aliphatic rings. The summed E-state index contributed by atoms with van der Waals surface area (Å²) in [6.45, 7) is 6.21. The fourth-order valence-corrected chi connectivity index (χ4v) is 2.99. The lowest BCUT2D eigenvalue weighted by Crippen LogP contribution is -2.17. The van der Waals surface area contributed by atoms with Crippen LogP contribution in [0.3, 0.4) is 0 Å². The lowest BCUT2D eigenvalue weighted by atomic mass is 10.0. The van der Waals surface area contributed by atoms with Crippen molar-refractivity contribution in [1.29, 1.82) is 0 Å². The van der Waals surface area contributed by atoms with Crippen molar-refractivity contribution >= 4 is 12.1 Å². The van der Waals surface area contributed by atoms with Crippen LogP contribution in [0.5, 0.6) is 11.5 Å². The van der Waals surface area contributed by atoms with Crippen LogP contribution in [0.2, 0.25) is 0 Å². The van der Waals surface area contributed by atoms with Crippen molar-refractivity contribution in [3.05, 3.63) is 70.8 Å². The average molecular weight is 362 g/mol. The van der Waals surface area contributed by atoms with Crippen molar-refractivity contribution in [1.82, 2.24) is 5.43 Å². The van der Waals surface area contributed by atoms with Gasteiger partial charge in [0.15, 0.2) is 0 Å². The largest absolute Gasteiger partial charge is 0.508 e. The second kappa shape index (κ2) is 7.50. The quantitative estimate of drug-likeness (QED) is 0.475. The highest BCUT2D eigenvalue weighted by molar-refractivity contribution is 6.03. The van der Waals surface area contributed by atoms with Gasteiger partial charge in [0, 0.05) is 17.2 Å². The molecule has 0 saturated heterocycles. The van der Waals surface area contributed by atoms with Gasteiger partial charge in [-0.2, -0.15) is 5.10 Å². The maximum absolute atomic E-state index is 12.7. The summed E-state index contributed by atoms with van der Waals surface area (Å²) in [5.74, 6) is -0.122. The van der Waals surface area contributed by atoms with Crippen molar-refractivity contribution in [2.75, 3.05) is 0 Å². The summed E-state index contributed by atoms with van der Waals surface area (Å²) >= 11 is 0. The molecule has 1 aromatic carbocycles. The van der Waals surface area contributed by atoms with Crippen LogP contribution in [0.4, 0.5) is 0 Å². The molecule has 0 aromatic heterocycles. The number of carbonyl (C=O) groups is 1. The molecule has 138 valence electrons. The molecule has 0 fully saturated rings. The number of phenolic OH excluding ortho intramolecular Hbond substituents is 2. The molecule has 0 atom stereocenters. The van der Waals surface area contributed by atoms with E-state index in [1.165, 1.54) is 24.4 Å². The minimum Gasteiger partial charge on any atom is -0.508 e. The molecule has 3 N–H and O–H groups in total. The number of carbonyl (C=O) groups excluding carboxylic acids is 1. The van der Waals surface area contributed by atoms with Crippen LogP contribution < -0.4 is 5.43 Å². The SMILES string of the molecule is Cc1cc(C(=O)N/N=C/c2ccc(O)cc2O)c2cc(C(C)C)cccc1-2. The Morgan fingerprint density at radius 3 is 2.56 bits per heavy atom. The summed E-state index contributed by atoms with van der Waals surface area (Å²) in [6.07, 6.45) is 1.34. The fraction of sp³-hybridized carbons (Fsp3) is 0.182. The predicted octanol–water partition coefficient (Wildman–Crippen LogP) is 4.40. The number of nitrogens with one attached hydrogen (secondary N) is 1. The third kappa shape index (κ3) is 3.92. The molecule has 0 spiro atoms. The summed E-state index contributed by atoms with van der Waals surface area (Å²) in [7, 11) is 0. The van der Waals surface area contributed by atoms with Crippen LogP contribution in [0, 0.1) is 6.92 Å². The molecule has 1 aromatic rings. The van der Waals surface area contributed by atoms with Gasteiger partial charge < -0.3 is 10.2 Å². The number of fused-ring (bicyclic) bond motifs is 1. The van der Waals surface area contributed by atoms with E-state index in [0.29, 0.717) is 17.0 Å². The molecule has 0 unspecified atom stereocenters. The molecule has 0 radical (unpaired) electrons. The highest BCUT2D eigenvalue weighted by Gasteiger charge is 2.18. The summed E-state index contributed by atoms with van der Waals surface area (Å²) in [4.78, 5) is 12.7. The van der Waals surface area contributed by atoms with Crippen LogP contribution in [0.15, 0.2) is 53.6 Å². The number of nitrogens with zero attached hydrogens (tertiary/aromatic N) is 1. The minimum absolute atomic E-state index is 0.0405. The van der Waals surface area contributed by atoms with Crippen LogP contribution in [-0.4, -0.2) is 22.3 Å². The van der Waals surface area contributed by atoms with E-state index in [2.05, 4.69) is 36.5 Å². The zero-order valence-corrected chi connectivity index (χ0v) is 15.5. The number of hydrogen-bond donors (Lipinski definition) is 3. The number of phenols is 2. The third-order valence-electron chi connectivity index (χ3n) is 4.52. The number of aryl methyl sites for hydroxylation is 1. The van der Waals surface area contributed by atoms with Gasteiger partial charge >= 0.3 is 0 Å². The van der Waals surface area contributed by atoms with Gasteiger partial charge in [-0.25, -0.2) is 5.43 Å². The van der Waals surface area contributed by atoms with Gasteiger partial charge in [-0.3, -0.25) is 4.79 Å². The van der Waals surface area contributed by atoms with Gasteiger partial charge in [-0.1, -0.05) is 38.1 Å². The molecule has 3 rings (SSSR count). The minimum atomic E-state index is -0.316. The number of rotatable bonds is 4. The van der Waals surface area contributed by atoms with E-state index in [1.54, 1.807) is 0 Å². The van der Waals surface area contributed by atoms with E-state index in [0.717, 1.165) is 22.3 Å². The second-order valence-corrected chi connectivity index (χ2v) is 6.84. The maximum Gasteiger partial charge on any atom is 0.272 e. The van der Waals surface area contributed by atoms with Crippen LogP contribution in [0.1, 0.15) is 46.8 Å². The van der Waals surface area contributed by atoms with Gasteiger partial charge in [0.1, 0.15) is 11.5 Å². The molecule has 0 bridgehead atoms. The van der Waals surface area contributed by atoms with E-state index in [1.807, 2.05) is 25.1 Å². The number of hydrogen-bond acceptors (Lipinski definition) is 4. The topological polar surface area (TPSA) is 81.9 Å². The van der Waals surface area contributed by atoms with Crippen molar-refractivity contribution in [3.63, 3.8) is 0 Å². The number of hydrazone groups is 1. The Kier molecular flexibility index (Phi) is 5.12. The first-order chi connectivity index (χ1) is 12.9. The van der Waals surface area contributed by atoms with Gasteiger partial charge in [-0.05, 0) is 53.3 Å². The van der Waals surface area contributed by atoms with Gasteiger partial charge in [0.25, 0.3) is 5.91 Å². The Morgan fingerprint density at radius 1 is 1.07 bits per heavy atom. The van der Waals surface area contributed by atoms with Crippen molar-refractivity contribution < 1.29 is 15.0 Å². The Morgan fingerprint density at radius 2 is 1.85 bits per heavy atom. The average Bonchev–Trinajstić information content (AvgIpc) is 2.79. The molecule has 0 aliphatic heterocycles. The third-order valence-corrected chi connectivity index (χ3v) is 4.52. The molecule has 1 amide bonds. The lowest BCUT2D eigenvalue weighted by molar-refractivity contribution is 0.0956. The lowest BCUT2D eigenvalue weighted by Gasteiger charge is -2.05. The molecular formula is C22H22N2O3. The first kappa shape index (κ1) is 18.5. The number of benzene rings is 1. The Labute approximate surface area is 158 Å². The monoisotopic (exact) mass is 362 g/mol. The molecule has 0 saturated carbocycles. The Hall–Kier alpha value is -3.34. The molecule has 5 heteroatoms. The molecular weight excluding hydrogens is 340 g/mol. The van der Waals surface area contributed by atoms with Crippen molar-refractivity contribution in [2.45, 2.75) is 26.7 Å². The van der Waals surface area contributed by atoms with Crippen molar-refractivity contribution in [2.24, 2.45) is 5.10 Å². The van der Waals surface area contributed by atoms with E-state index in [-0.39, 0.29) is 17.4 Å². The second-order valence-electron chi connectivity index (χ2n) is 6.84. The standard InChI is InChI=1S/C22H22N2O3/c1-13(2)15-5-4-6-18-14(3)9-20(19(18)10-15)22(27)24-23-12-16-7-8-17(25)11-21(16)26/h4-13,25-26H,1-3H3,(H,24,27)/b23-12+. The summed E-state index contributed by atoms with van der Waals surface area (Å²) in [6, 6.07) is 14.2. The smallest absolute Gasteiger partial charge is 0.272 e. The van der Waals surface area contributed by atoms with E-state index in [9.17, 15) is 15.0 Å². The Balaban J connectivity index is 1.87.